The van der Waals surface area contributed by atoms with Gasteiger partial charge in [-0.1, -0.05) is 0 Å². The summed E-state index contributed by atoms with van der Waals surface area (Å²) in [4.78, 5) is 0. The molecule has 0 aromatic rings. The third-order valence-corrected chi connectivity index (χ3v) is 7.46. The molecule has 13 heavy (non-hydrogen) atoms. The molecule has 0 spiro atoms. The van der Waals surface area contributed by atoms with Crippen LogP contribution < -0.4 is 0 Å². The molecule has 2 atom stereocenters. The van der Waals surface area contributed by atoms with Crippen molar-refractivity contribution in [2.75, 3.05) is 18.5 Å². The van der Waals surface area contributed by atoms with Gasteiger partial charge in [-0.05, 0) is 56.5 Å². The summed E-state index contributed by atoms with van der Waals surface area (Å²) < 4.78 is 13.0. The van der Waals surface area contributed by atoms with Crippen LogP contribution in [0.1, 0.15) is 32.1 Å². The lowest BCUT2D eigenvalue weighted by molar-refractivity contribution is 0.334. The maximum Gasteiger partial charge on any atom is 0.100 e. The van der Waals surface area contributed by atoms with Gasteiger partial charge >= 0.3 is 0 Å². The number of hydrogen-bond donors (Lipinski definition) is 0. The molecule has 0 aromatic heterocycles. The first-order chi connectivity index (χ1) is 6.18. The van der Waals surface area contributed by atoms with Crippen molar-refractivity contribution in [3.63, 3.8) is 0 Å². The van der Waals surface area contributed by atoms with E-state index in [4.69, 9.17) is 0 Å². The molecule has 2 aliphatic rings. The summed E-state index contributed by atoms with van der Waals surface area (Å²) in [6.45, 7) is -0.812. The van der Waals surface area contributed by atoms with Gasteiger partial charge < -0.3 is 0 Å². The number of alkyl halides is 1. The van der Waals surface area contributed by atoms with Crippen LogP contribution in [0.4, 0.5) is 4.39 Å². The first-order valence-corrected chi connectivity index (χ1v) is 8.05. The van der Waals surface area contributed by atoms with E-state index in [1.807, 2.05) is 0 Å². The van der Waals surface area contributed by atoms with Gasteiger partial charge in [0.2, 0.25) is 0 Å². The molecule has 2 heteroatoms. The van der Waals surface area contributed by atoms with E-state index in [0.717, 1.165) is 19.3 Å². The molecule has 0 aromatic carbocycles. The fraction of sp³-hybridized carbons (Fsp3) is 0.909. The minimum absolute atomic E-state index is 0.487. The lowest BCUT2D eigenvalue weighted by Crippen LogP contribution is -2.05. The SMILES string of the molecule is C=P1(CC2CCC(F)C2)CCCC1. The largest absolute Gasteiger partial charge is 0.247 e. The van der Waals surface area contributed by atoms with Gasteiger partial charge in [-0.25, -0.2) is 4.39 Å². The summed E-state index contributed by atoms with van der Waals surface area (Å²) in [6, 6.07) is 0. The average molecular weight is 202 g/mol. The zero-order valence-electron chi connectivity index (χ0n) is 8.34. The van der Waals surface area contributed by atoms with E-state index in [2.05, 4.69) is 6.30 Å². The summed E-state index contributed by atoms with van der Waals surface area (Å²) in [6.07, 6.45) is 13.6. The van der Waals surface area contributed by atoms with Gasteiger partial charge in [0.1, 0.15) is 6.17 Å². The second-order valence-electron chi connectivity index (χ2n) is 4.95. The summed E-state index contributed by atoms with van der Waals surface area (Å²) >= 11 is 0. The Bertz CT molecular complexity index is 214. The van der Waals surface area contributed by atoms with E-state index >= 15 is 0 Å². The topological polar surface area (TPSA) is 0 Å². The van der Waals surface area contributed by atoms with Crippen LogP contribution in [0.2, 0.25) is 0 Å². The lowest BCUT2D eigenvalue weighted by Gasteiger charge is -2.21. The van der Waals surface area contributed by atoms with Crippen molar-refractivity contribution >= 4 is 13.2 Å². The van der Waals surface area contributed by atoms with Gasteiger partial charge in [-0.15, -0.1) is 13.2 Å². The van der Waals surface area contributed by atoms with E-state index in [1.54, 1.807) is 0 Å². The van der Waals surface area contributed by atoms with Crippen molar-refractivity contribution in [2.24, 2.45) is 5.92 Å². The Kier molecular flexibility index (Phi) is 2.83. The van der Waals surface area contributed by atoms with Crippen molar-refractivity contribution in [3.8, 4) is 0 Å². The van der Waals surface area contributed by atoms with E-state index in [0.29, 0.717) is 5.92 Å². The molecule has 1 heterocycles. The highest BCUT2D eigenvalue weighted by Crippen LogP contribution is 2.54. The van der Waals surface area contributed by atoms with Crippen molar-refractivity contribution in [3.05, 3.63) is 0 Å². The molecule has 0 radical (unpaired) electrons. The van der Waals surface area contributed by atoms with E-state index in [1.165, 1.54) is 31.3 Å². The summed E-state index contributed by atoms with van der Waals surface area (Å²) in [5, 5.41) is 0. The van der Waals surface area contributed by atoms with Crippen LogP contribution in [0.3, 0.4) is 0 Å². The van der Waals surface area contributed by atoms with Gasteiger partial charge in [0.15, 0.2) is 0 Å². The molecular formula is C11H20FP. The quantitative estimate of drug-likeness (QED) is 0.602. The predicted octanol–water partition coefficient (Wildman–Crippen LogP) is 3.37. The number of hydrogen-bond acceptors (Lipinski definition) is 0. The Labute approximate surface area is 80.9 Å². The standard InChI is InChI=1S/C11H20FP/c1-13(6-2-3-7-13)9-10-4-5-11(12)8-10/h10-11H,1-9H2. The third kappa shape index (κ3) is 2.37. The van der Waals surface area contributed by atoms with Gasteiger partial charge in [-0.2, -0.15) is 0 Å². The van der Waals surface area contributed by atoms with Crippen LogP contribution >= 0.6 is 6.89 Å². The van der Waals surface area contributed by atoms with Crippen molar-refractivity contribution < 1.29 is 4.39 Å². The van der Waals surface area contributed by atoms with Crippen molar-refractivity contribution in [2.45, 2.75) is 38.3 Å². The highest BCUT2D eigenvalue weighted by molar-refractivity contribution is 7.74. The molecule has 0 N–H and O–H groups in total. The predicted molar refractivity (Wildman–Crippen MR) is 60.1 cm³/mol. The van der Waals surface area contributed by atoms with E-state index in [9.17, 15) is 4.39 Å². The van der Waals surface area contributed by atoms with Gasteiger partial charge in [0.25, 0.3) is 0 Å². The highest BCUT2D eigenvalue weighted by atomic mass is 31.2. The van der Waals surface area contributed by atoms with Gasteiger partial charge in [0.05, 0.1) is 0 Å². The molecule has 1 aliphatic carbocycles. The zero-order valence-corrected chi connectivity index (χ0v) is 9.24. The second kappa shape index (κ2) is 3.77. The van der Waals surface area contributed by atoms with Crippen LogP contribution in [-0.4, -0.2) is 31.0 Å². The smallest absolute Gasteiger partial charge is 0.100 e. The summed E-state index contributed by atoms with van der Waals surface area (Å²) in [5.74, 6) is 0.693. The first-order valence-electron chi connectivity index (χ1n) is 5.52. The van der Waals surface area contributed by atoms with Gasteiger partial charge in [0, 0.05) is 0 Å². The summed E-state index contributed by atoms with van der Waals surface area (Å²) in [7, 11) is 0. The van der Waals surface area contributed by atoms with E-state index in [-0.39, 0.29) is 0 Å². The fourth-order valence-corrected chi connectivity index (χ4v) is 6.72. The normalized spacial score (nSPS) is 38.2. The zero-order chi connectivity index (χ0) is 9.31. The monoisotopic (exact) mass is 202 g/mol. The third-order valence-electron chi connectivity index (χ3n) is 3.64. The van der Waals surface area contributed by atoms with Crippen LogP contribution in [0.25, 0.3) is 0 Å². The second-order valence-corrected chi connectivity index (χ2v) is 8.90. The lowest BCUT2D eigenvalue weighted by atomic mass is 10.1. The number of halogens is 1. The highest BCUT2D eigenvalue weighted by Gasteiger charge is 2.29. The Morgan fingerprint density at radius 1 is 1.23 bits per heavy atom. The molecule has 2 rings (SSSR count). The Balaban J connectivity index is 1.87. The Morgan fingerprint density at radius 3 is 2.46 bits per heavy atom. The minimum Gasteiger partial charge on any atom is -0.247 e. The van der Waals surface area contributed by atoms with Crippen LogP contribution in [-0.2, 0) is 0 Å². The molecular weight excluding hydrogens is 182 g/mol. The van der Waals surface area contributed by atoms with Crippen molar-refractivity contribution in [1.82, 2.24) is 0 Å². The Hall–Kier alpha value is 0.230. The molecule has 0 amide bonds. The minimum atomic E-state index is -0.812. The van der Waals surface area contributed by atoms with Gasteiger partial charge in [-0.3, -0.25) is 0 Å². The first kappa shape index (κ1) is 9.77. The van der Waals surface area contributed by atoms with Crippen LogP contribution in [0, 0.1) is 5.92 Å². The Morgan fingerprint density at radius 2 is 1.92 bits per heavy atom. The molecule has 0 nitrogen and oxygen atoms in total. The molecule has 1 aliphatic heterocycles. The maximum absolute atomic E-state index is 13.0. The maximum atomic E-state index is 13.0. The molecule has 76 valence electrons. The number of rotatable bonds is 2. The molecule has 2 unspecified atom stereocenters. The van der Waals surface area contributed by atoms with Crippen LogP contribution in [0.5, 0.6) is 0 Å². The van der Waals surface area contributed by atoms with E-state index < -0.39 is 13.1 Å². The molecule has 1 saturated carbocycles. The molecule has 0 bridgehead atoms. The summed E-state index contributed by atoms with van der Waals surface area (Å²) in [5.41, 5.74) is 0. The van der Waals surface area contributed by atoms with Crippen LogP contribution in [0.15, 0.2) is 0 Å². The fourth-order valence-electron chi connectivity index (χ4n) is 2.92. The molecule has 2 fully saturated rings. The molecule has 1 saturated heterocycles. The van der Waals surface area contributed by atoms with Crippen molar-refractivity contribution in [1.29, 1.82) is 0 Å². The average Bonchev–Trinajstić information content (AvgIpc) is 2.62.